The highest BCUT2D eigenvalue weighted by atomic mass is 35.5. The topological polar surface area (TPSA) is 46.3 Å². The van der Waals surface area contributed by atoms with Crippen molar-refractivity contribution < 1.29 is 4.79 Å². The lowest BCUT2D eigenvalue weighted by atomic mass is 10.1. The largest absolute Gasteiger partial charge is 0.366 e. The number of hydrogen-bond donors (Lipinski definition) is 1. The molecule has 4 heteroatoms. The van der Waals surface area contributed by atoms with E-state index in [0.717, 1.165) is 5.69 Å². The molecular formula is C12H13ClN2O. The minimum atomic E-state index is -0.376. The van der Waals surface area contributed by atoms with Crippen LogP contribution in [0.25, 0.3) is 0 Å². The van der Waals surface area contributed by atoms with Gasteiger partial charge in [0.1, 0.15) is 0 Å². The number of hydrogen-bond acceptors (Lipinski definition) is 2. The van der Waals surface area contributed by atoms with Gasteiger partial charge >= 0.3 is 0 Å². The van der Waals surface area contributed by atoms with Gasteiger partial charge in [-0.05, 0) is 18.2 Å². The smallest absolute Gasteiger partial charge is 0.248 e. The Hall–Kier alpha value is -1.74. The van der Waals surface area contributed by atoms with Crippen LogP contribution in [-0.2, 0) is 4.79 Å². The van der Waals surface area contributed by atoms with Gasteiger partial charge in [-0.2, -0.15) is 0 Å². The fourth-order valence-electron chi connectivity index (χ4n) is 1.49. The molecule has 0 spiro atoms. The molecule has 84 valence electrons. The second kappa shape index (κ2) is 5.37. The number of primary amides is 1. The fraction of sp³-hybridized carbons (Fsp3) is 0.0833. The van der Waals surface area contributed by atoms with Crippen molar-refractivity contribution in [2.75, 3.05) is 11.4 Å². The minimum absolute atomic E-state index is 0. The van der Waals surface area contributed by atoms with E-state index in [1.165, 1.54) is 0 Å². The molecule has 0 fully saturated rings. The maximum absolute atomic E-state index is 10.9. The summed E-state index contributed by atoms with van der Waals surface area (Å²) in [6.07, 6.45) is 5.43. The summed E-state index contributed by atoms with van der Waals surface area (Å²) >= 11 is 0. The Balaban J connectivity index is 0.00000128. The minimum Gasteiger partial charge on any atom is -0.366 e. The Kier molecular flexibility index (Phi) is 4.14. The van der Waals surface area contributed by atoms with E-state index < -0.39 is 0 Å². The zero-order chi connectivity index (χ0) is 10.7. The molecule has 0 aromatic heterocycles. The van der Waals surface area contributed by atoms with Gasteiger partial charge in [-0.3, -0.25) is 4.79 Å². The number of para-hydroxylation sites is 1. The van der Waals surface area contributed by atoms with Crippen LogP contribution in [0.5, 0.6) is 0 Å². The highest BCUT2D eigenvalue weighted by molar-refractivity contribution is 5.95. The van der Waals surface area contributed by atoms with Crippen molar-refractivity contribution in [3.8, 4) is 0 Å². The predicted molar refractivity (Wildman–Crippen MR) is 67.5 cm³/mol. The Morgan fingerprint density at radius 3 is 2.44 bits per heavy atom. The molecule has 0 aliphatic carbocycles. The molecule has 0 saturated heterocycles. The molecule has 1 heterocycles. The van der Waals surface area contributed by atoms with Crippen LogP contribution in [0, 0.1) is 0 Å². The average molecular weight is 237 g/mol. The van der Waals surface area contributed by atoms with Crippen LogP contribution in [0.2, 0.25) is 0 Å². The Bertz CT molecular complexity index is 426. The van der Waals surface area contributed by atoms with E-state index in [4.69, 9.17) is 5.73 Å². The Morgan fingerprint density at radius 1 is 1.25 bits per heavy atom. The zero-order valence-electron chi connectivity index (χ0n) is 8.67. The van der Waals surface area contributed by atoms with Crippen LogP contribution in [-0.4, -0.2) is 12.5 Å². The number of nitrogens with two attached hydrogens (primary N) is 1. The third kappa shape index (κ3) is 2.64. The van der Waals surface area contributed by atoms with Crippen molar-refractivity contribution in [2.24, 2.45) is 5.73 Å². The van der Waals surface area contributed by atoms with E-state index in [2.05, 4.69) is 0 Å². The van der Waals surface area contributed by atoms with Crippen LogP contribution < -0.4 is 10.6 Å². The van der Waals surface area contributed by atoms with Crippen molar-refractivity contribution in [2.45, 2.75) is 0 Å². The number of anilines is 1. The molecule has 0 atom stereocenters. The van der Waals surface area contributed by atoms with E-state index in [-0.39, 0.29) is 18.3 Å². The highest BCUT2D eigenvalue weighted by Crippen LogP contribution is 2.17. The van der Waals surface area contributed by atoms with Crippen LogP contribution in [0.4, 0.5) is 5.69 Å². The number of nitrogens with zero attached hydrogens (tertiary/aromatic N) is 1. The first-order chi connectivity index (χ1) is 7.27. The van der Waals surface area contributed by atoms with Gasteiger partial charge in [0, 0.05) is 24.0 Å². The maximum atomic E-state index is 10.9. The lowest BCUT2D eigenvalue weighted by molar-refractivity contribution is -0.114. The van der Waals surface area contributed by atoms with Crippen molar-refractivity contribution >= 4 is 24.0 Å². The average Bonchev–Trinajstić information content (AvgIpc) is 2.30. The molecule has 0 saturated carbocycles. The van der Waals surface area contributed by atoms with E-state index in [9.17, 15) is 4.79 Å². The summed E-state index contributed by atoms with van der Waals surface area (Å²) in [6, 6.07) is 9.98. The van der Waals surface area contributed by atoms with Gasteiger partial charge < -0.3 is 10.6 Å². The van der Waals surface area contributed by atoms with E-state index in [1.54, 1.807) is 6.08 Å². The standard InChI is InChI=1S/C12H12N2O.ClH/c13-12(15)10-6-8-14(9-7-10)11-4-2-1-3-5-11;/h1-8H,9H2,(H2,13,15);1H. The molecule has 0 unspecified atom stereocenters. The second-order valence-electron chi connectivity index (χ2n) is 3.33. The van der Waals surface area contributed by atoms with Crippen LogP contribution >= 0.6 is 12.4 Å². The normalized spacial score (nSPS) is 14.0. The van der Waals surface area contributed by atoms with Gasteiger partial charge in [0.25, 0.3) is 0 Å². The number of halogens is 1. The Labute approximate surface area is 101 Å². The third-order valence-corrected chi connectivity index (χ3v) is 2.31. The second-order valence-corrected chi connectivity index (χ2v) is 3.33. The first-order valence-corrected chi connectivity index (χ1v) is 4.77. The predicted octanol–water partition coefficient (Wildman–Crippen LogP) is 1.85. The maximum Gasteiger partial charge on any atom is 0.248 e. The van der Waals surface area contributed by atoms with Crippen molar-refractivity contribution in [3.05, 3.63) is 54.3 Å². The molecule has 1 aliphatic rings. The van der Waals surface area contributed by atoms with Crippen molar-refractivity contribution in [1.82, 2.24) is 0 Å². The molecule has 1 aromatic rings. The fourth-order valence-corrected chi connectivity index (χ4v) is 1.49. The van der Waals surface area contributed by atoms with E-state index in [0.29, 0.717) is 12.1 Å². The molecular weight excluding hydrogens is 224 g/mol. The molecule has 0 radical (unpaired) electrons. The van der Waals surface area contributed by atoms with Crippen molar-refractivity contribution in [1.29, 1.82) is 0 Å². The van der Waals surface area contributed by atoms with Crippen LogP contribution in [0.3, 0.4) is 0 Å². The molecule has 1 aliphatic heterocycles. The number of rotatable bonds is 2. The summed E-state index contributed by atoms with van der Waals surface area (Å²) in [5, 5.41) is 0. The van der Waals surface area contributed by atoms with E-state index in [1.807, 2.05) is 47.5 Å². The van der Waals surface area contributed by atoms with Crippen LogP contribution in [0.1, 0.15) is 0 Å². The molecule has 0 bridgehead atoms. The van der Waals surface area contributed by atoms with Gasteiger partial charge in [-0.15, -0.1) is 12.4 Å². The van der Waals surface area contributed by atoms with Gasteiger partial charge in [0.2, 0.25) is 5.91 Å². The quantitative estimate of drug-likeness (QED) is 0.852. The number of amides is 1. The first-order valence-electron chi connectivity index (χ1n) is 4.77. The lowest BCUT2D eigenvalue weighted by Crippen LogP contribution is -2.22. The molecule has 1 amide bonds. The van der Waals surface area contributed by atoms with E-state index >= 15 is 0 Å². The first kappa shape index (κ1) is 12.3. The van der Waals surface area contributed by atoms with Crippen LogP contribution in [0.15, 0.2) is 54.3 Å². The van der Waals surface area contributed by atoms with Gasteiger partial charge in [0.05, 0.1) is 0 Å². The molecule has 1 aromatic carbocycles. The van der Waals surface area contributed by atoms with Gasteiger partial charge in [-0.1, -0.05) is 24.3 Å². The van der Waals surface area contributed by atoms with Crippen molar-refractivity contribution in [3.63, 3.8) is 0 Å². The highest BCUT2D eigenvalue weighted by Gasteiger charge is 2.08. The summed E-state index contributed by atoms with van der Waals surface area (Å²) in [5.74, 6) is -0.376. The number of carbonyl (C=O) groups excluding carboxylic acids is 1. The van der Waals surface area contributed by atoms with Gasteiger partial charge in [-0.25, -0.2) is 0 Å². The summed E-state index contributed by atoms with van der Waals surface area (Å²) in [7, 11) is 0. The SMILES string of the molecule is Cl.NC(=O)C1=CCN(c2ccccc2)C=C1. The number of benzene rings is 1. The molecule has 16 heavy (non-hydrogen) atoms. The monoisotopic (exact) mass is 236 g/mol. The third-order valence-electron chi connectivity index (χ3n) is 2.31. The zero-order valence-corrected chi connectivity index (χ0v) is 9.48. The van der Waals surface area contributed by atoms with Gasteiger partial charge in [0.15, 0.2) is 0 Å². The lowest BCUT2D eigenvalue weighted by Gasteiger charge is -2.21. The summed E-state index contributed by atoms with van der Waals surface area (Å²) in [5.41, 5.74) is 6.85. The Morgan fingerprint density at radius 2 is 1.94 bits per heavy atom. The summed E-state index contributed by atoms with van der Waals surface area (Å²) in [6.45, 7) is 0.679. The molecule has 2 rings (SSSR count). The number of carbonyl (C=O) groups is 1. The molecule has 3 nitrogen and oxygen atoms in total. The summed E-state index contributed by atoms with van der Waals surface area (Å²) < 4.78 is 0. The molecule has 2 N–H and O–H groups in total. The summed E-state index contributed by atoms with van der Waals surface area (Å²) in [4.78, 5) is 12.9.